The molecule has 0 radical (unpaired) electrons. The first-order valence-corrected chi connectivity index (χ1v) is 13.0. The molecule has 2 amide bonds. The minimum absolute atomic E-state index is 0.0880. The molecule has 0 atom stereocenters. The van der Waals surface area contributed by atoms with Gasteiger partial charge in [-0.15, -0.1) is 0 Å². The van der Waals surface area contributed by atoms with E-state index in [1.807, 2.05) is 74.5 Å². The lowest BCUT2D eigenvalue weighted by Gasteiger charge is -2.30. The third-order valence-corrected chi connectivity index (χ3v) is 6.67. The Morgan fingerprint density at radius 2 is 0.921 bits per heavy atom. The van der Waals surface area contributed by atoms with Crippen molar-refractivity contribution in [3.8, 4) is 0 Å². The maximum Gasteiger partial charge on any atom is 0.333 e. The van der Waals surface area contributed by atoms with Crippen molar-refractivity contribution in [2.24, 2.45) is 10.8 Å². The average Bonchev–Trinajstić information content (AvgIpc) is 2.91. The summed E-state index contributed by atoms with van der Waals surface area (Å²) in [6.07, 6.45) is 0.490. The summed E-state index contributed by atoms with van der Waals surface area (Å²) in [7, 11) is 0. The molecule has 2 aromatic rings. The molecule has 38 heavy (non-hydrogen) atoms. The van der Waals surface area contributed by atoms with E-state index in [-0.39, 0.29) is 37.7 Å². The van der Waals surface area contributed by atoms with Crippen molar-refractivity contribution in [3.05, 3.63) is 71.8 Å². The second-order valence-corrected chi connectivity index (χ2v) is 10.6. The standard InChI is InChI=1S/C30H40N2O6/c1-7-29(3,4)27(35)31(21-23-15-11-9-12-16-23)37-25(33)19-20-26(34)38-32(28(36)30(5,6)8-2)22-24-17-13-10-14-18-24/h9-18H,7-8,19-22H2,1-6H3. The van der Waals surface area contributed by atoms with E-state index in [2.05, 4.69) is 0 Å². The maximum absolute atomic E-state index is 13.1. The first-order chi connectivity index (χ1) is 17.9. The summed E-state index contributed by atoms with van der Waals surface area (Å²) in [6, 6.07) is 18.4. The Bertz CT molecular complexity index is 995. The number of carbonyl (C=O) groups is 4. The maximum atomic E-state index is 13.1. The highest BCUT2D eigenvalue weighted by atomic mass is 16.7. The van der Waals surface area contributed by atoms with Crippen molar-refractivity contribution < 1.29 is 28.9 Å². The van der Waals surface area contributed by atoms with Crippen LogP contribution in [-0.4, -0.2) is 33.9 Å². The van der Waals surface area contributed by atoms with Crippen molar-refractivity contribution in [1.82, 2.24) is 10.1 Å². The molecule has 0 aromatic heterocycles. The van der Waals surface area contributed by atoms with Gasteiger partial charge in [0.1, 0.15) is 0 Å². The molecule has 0 spiro atoms. The van der Waals surface area contributed by atoms with Crippen molar-refractivity contribution in [1.29, 1.82) is 0 Å². The van der Waals surface area contributed by atoms with Gasteiger partial charge in [0.2, 0.25) is 0 Å². The molecule has 0 saturated heterocycles. The summed E-state index contributed by atoms with van der Waals surface area (Å²) in [5, 5.41) is 2.11. The minimum atomic E-state index is -0.743. The van der Waals surface area contributed by atoms with Crippen molar-refractivity contribution in [2.45, 2.75) is 80.3 Å². The molecule has 0 aliphatic heterocycles. The fourth-order valence-electron chi connectivity index (χ4n) is 3.31. The third kappa shape index (κ3) is 9.01. The zero-order valence-corrected chi connectivity index (χ0v) is 23.4. The van der Waals surface area contributed by atoms with E-state index in [1.54, 1.807) is 27.7 Å². The van der Waals surface area contributed by atoms with E-state index >= 15 is 0 Å². The Hall–Kier alpha value is -3.68. The van der Waals surface area contributed by atoms with Gasteiger partial charge in [0.05, 0.1) is 25.9 Å². The molecule has 206 valence electrons. The van der Waals surface area contributed by atoms with Crippen molar-refractivity contribution in [2.75, 3.05) is 0 Å². The third-order valence-electron chi connectivity index (χ3n) is 6.67. The predicted molar refractivity (Wildman–Crippen MR) is 144 cm³/mol. The van der Waals surface area contributed by atoms with Crippen LogP contribution in [0.5, 0.6) is 0 Å². The zero-order valence-electron chi connectivity index (χ0n) is 23.4. The number of hydrogen-bond acceptors (Lipinski definition) is 6. The van der Waals surface area contributed by atoms with E-state index in [0.29, 0.717) is 12.8 Å². The molecule has 8 nitrogen and oxygen atoms in total. The molecule has 0 unspecified atom stereocenters. The first kappa shape index (κ1) is 30.5. The predicted octanol–water partition coefficient (Wildman–Crippen LogP) is 5.61. The second kappa shape index (κ2) is 13.7. The Balaban J connectivity index is 2.06. The number of rotatable bonds is 11. The van der Waals surface area contributed by atoms with E-state index in [0.717, 1.165) is 21.3 Å². The normalized spacial score (nSPS) is 11.4. The van der Waals surface area contributed by atoms with Crippen LogP contribution in [0.2, 0.25) is 0 Å². The number of hydrogen-bond donors (Lipinski definition) is 0. The summed E-state index contributed by atoms with van der Waals surface area (Å²) < 4.78 is 0. The Kier molecular flexibility index (Phi) is 11.0. The molecule has 2 aromatic carbocycles. The highest BCUT2D eigenvalue weighted by Gasteiger charge is 2.34. The van der Waals surface area contributed by atoms with Crippen LogP contribution in [0, 0.1) is 10.8 Å². The number of carbonyl (C=O) groups excluding carboxylic acids is 4. The lowest BCUT2D eigenvalue weighted by molar-refractivity contribution is -0.211. The van der Waals surface area contributed by atoms with Gasteiger partial charge in [-0.25, -0.2) is 9.59 Å². The Morgan fingerprint density at radius 1 is 0.605 bits per heavy atom. The summed E-state index contributed by atoms with van der Waals surface area (Å²) in [5.41, 5.74) is 0.124. The van der Waals surface area contributed by atoms with Crippen LogP contribution in [0.4, 0.5) is 0 Å². The molecule has 0 saturated carbocycles. The zero-order chi connectivity index (χ0) is 28.3. The summed E-state index contributed by atoms with van der Waals surface area (Å²) in [6.45, 7) is 11.1. The number of nitrogens with zero attached hydrogens (tertiary/aromatic N) is 2. The molecule has 8 heteroatoms. The summed E-state index contributed by atoms with van der Waals surface area (Å²) in [5.74, 6) is -2.15. The number of amides is 2. The van der Waals surface area contributed by atoms with Crippen LogP contribution in [0.1, 0.15) is 78.4 Å². The molecule has 0 aliphatic rings. The van der Waals surface area contributed by atoms with Crippen molar-refractivity contribution in [3.63, 3.8) is 0 Å². The first-order valence-electron chi connectivity index (χ1n) is 13.0. The second-order valence-electron chi connectivity index (χ2n) is 10.6. The van der Waals surface area contributed by atoms with Crippen LogP contribution in [0.15, 0.2) is 60.7 Å². The van der Waals surface area contributed by atoms with Gasteiger partial charge in [0.15, 0.2) is 0 Å². The van der Waals surface area contributed by atoms with Gasteiger partial charge < -0.3 is 9.68 Å². The largest absolute Gasteiger partial charge is 0.338 e. The van der Waals surface area contributed by atoms with Crippen LogP contribution in [0.25, 0.3) is 0 Å². The Labute approximate surface area is 225 Å². The fourth-order valence-corrected chi connectivity index (χ4v) is 3.31. The number of benzene rings is 2. The van der Waals surface area contributed by atoms with E-state index in [4.69, 9.17) is 9.68 Å². The Morgan fingerprint density at radius 3 is 1.21 bits per heavy atom. The van der Waals surface area contributed by atoms with Crippen LogP contribution < -0.4 is 0 Å². The smallest absolute Gasteiger partial charge is 0.333 e. The quantitative estimate of drug-likeness (QED) is 0.355. The monoisotopic (exact) mass is 524 g/mol. The van der Waals surface area contributed by atoms with Crippen LogP contribution >= 0.6 is 0 Å². The average molecular weight is 525 g/mol. The highest BCUT2D eigenvalue weighted by molar-refractivity contribution is 5.85. The van der Waals surface area contributed by atoms with Gasteiger partial charge in [-0.1, -0.05) is 102 Å². The lowest BCUT2D eigenvalue weighted by Crippen LogP contribution is -2.42. The van der Waals surface area contributed by atoms with Gasteiger partial charge in [-0.2, -0.15) is 10.1 Å². The highest BCUT2D eigenvalue weighted by Crippen LogP contribution is 2.26. The fraction of sp³-hybridized carbons (Fsp3) is 0.467. The van der Waals surface area contributed by atoms with Gasteiger partial charge in [0, 0.05) is 10.8 Å². The van der Waals surface area contributed by atoms with Gasteiger partial charge in [-0.3, -0.25) is 9.59 Å². The molecule has 0 heterocycles. The van der Waals surface area contributed by atoms with Gasteiger partial charge in [-0.05, 0) is 24.0 Å². The number of hydroxylamine groups is 4. The van der Waals surface area contributed by atoms with Gasteiger partial charge in [0.25, 0.3) is 11.8 Å². The van der Waals surface area contributed by atoms with E-state index in [9.17, 15) is 19.2 Å². The van der Waals surface area contributed by atoms with Gasteiger partial charge >= 0.3 is 11.9 Å². The van der Waals surface area contributed by atoms with Crippen LogP contribution in [0.3, 0.4) is 0 Å². The summed E-state index contributed by atoms with van der Waals surface area (Å²) >= 11 is 0. The molecule has 0 bridgehead atoms. The SMILES string of the molecule is CCC(C)(C)C(=O)N(Cc1ccccc1)OC(=O)CCC(=O)ON(Cc1ccccc1)C(=O)C(C)(C)CC. The van der Waals surface area contributed by atoms with E-state index < -0.39 is 22.8 Å². The molecular formula is C30H40N2O6. The van der Waals surface area contributed by atoms with Crippen molar-refractivity contribution >= 4 is 23.8 Å². The molecule has 0 fully saturated rings. The summed E-state index contributed by atoms with van der Waals surface area (Å²) in [4.78, 5) is 62.4. The molecular weight excluding hydrogens is 484 g/mol. The molecule has 2 rings (SSSR count). The van der Waals surface area contributed by atoms with E-state index in [1.165, 1.54) is 0 Å². The molecule has 0 N–H and O–H groups in total. The topological polar surface area (TPSA) is 93.2 Å². The molecule has 0 aliphatic carbocycles. The van der Waals surface area contributed by atoms with Crippen LogP contribution in [-0.2, 0) is 41.9 Å². The minimum Gasteiger partial charge on any atom is -0.338 e. The lowest BCUT2D eigenvalue weighted by atomic mass is 9.89.